The highest BCUT2D eigenvalue weighted by atomic mass is 19.1. The van der Waals surface area contributed by atoms with Crippen LogP contribution in [-0.2, 0) is 0 Å². The number of nitrogens with zero attached hydrogens (tertiary/aromatic N) is 2. The molecule has 1 aliphatic carbocycles. The van der Waals surface area contributed by atoms with Gasteiger partial charge in [-0.25, -0.2) is 14.4 Å². The maximum atomic E-state index is 13.1. The maximum absolute atomic E-state index is 13.1. The Morgan fingerprint density at radius 1 is 0.742 bits per heavy atom. The van der Waals surface area contributed by atoms with Gasteiger partial charge in [-0.1, -0.05) is 63.3 Å². The number of hydrogen-bond acceptors (Lipinski definition) is 2. The average molecular weight is 417 g/mol. The van der Waals surface area contributed by atoms with E-state index in [2.05, 4.69) is 41.2 Å². The molecule has 1 fully saturated rings. The van der Waals surface area contributed by atoms with Gasteiger partial charge in [-0.3, -0.25) is 0 Å². The van der Waals surface area contributed by atoms with Crippen LogP contribution in [0.2, 0.25) is 0 Å². The lowest BCUT2D eigenvalue weighted by Crippen LogP contribution is -2.13. The third-order valence-electron chi connectivity index (χ3n) is 6.78. The zero-order valence-corrected chi connectivity index (χ0v) is 18.6. The van der Waals surface area contributed by atoms with Crippen molar-refractivity contribution in [2.24, 2.45) is 5.92 Å². The van der Waals surface area contributed by atoms with Gasteiger partial charge in [-0.05, 0) is 72.9 Å². The molecule has 0 radical (unpaired) electrons. The molecule has 0 unspecified atom stereocenters. The number of unbranched alkanes of at least 4 members (excludes halogenated alkanes) is 3. The molecule has 0 saturated heterocycles. The third kappa shape index (κ3) is 5.78. The van der Waals surface area contributed by atoms with Gasteiger partial charge in [0.2, 0.25) is 0 Å². The third-order valence-corrected chi connectivity index (χ3v) is 6.78. The SMILES string of the molecule is CCCCCC[C@H]1CC[C@H](c2ccc(-c3cnc(-c4ccc(F)cc4)nc3)cc2)CC1. The quantitative estimate of drug-likeness (QED) is 0.346. The first-order valence-corrected chi connectivity index (χ1v) is 11.9. The minimum atomic E-state index is -0.249. The molecular weight excluding hydrogens is 383 g/mol. The molecule has 0 spiro atoms. The summed E-state index contributed by atoms with van der Waals surface area (Å²) in [5.74, 6) is 2.02. The first-order chi connectivity index (χ1) is 15.2. The summed E-state index contributed by atoms with van der Waals surface area (Å²) in [6.07, 6.45) is 16.1. The Kier molecular flexibility index (Phi) is 7.45. The second-order valence-corrected chi connectivity index (χ2v) is 8.99. The van der Waals surface area contributed by atoms with Crippen LogP contribution in [0.4, 0.5) is 4.39 Å². The summed E-state index contributed by atoms with van der Waals surface area (Å²) >= 11 is 0. The van der Waals surface area contributed by atoms with Crippen LogP contribution in [0.25, 0.3) is 22.5 Å². The van der Waals surface area contributed by atoms with Gasteiger partial charge in [0.1, 0.15) is 5.82 Å². The molecule has 1 aliphatic rings. The molecule has 2 nitrogen and oxygen atoms in total. The van der Waals surface area contributed by atoms with Crippen LogP contribution in [0.5, 0.6) is 0 Å². The summed E-state index contributed by atoms with van der Waals surface area (Å²) in [5.41, 5.74) is 4.44. The molecule has 1 saturated carbocycles. The molecule has 0 atom stereocenters. The van der Waals surface area contributed by atoms with Crippen LogP contribution in [0.1, 0.15) is 76.2 Å². The van der Waals surface area contributed by atoms with Crippen molar-refractivity contribution in [3.8, 4) is 22.5 Å². The minimum Gasteiger partial charge on any atom is -0.236 e. The van der Waals surface area contributed by atoms with E-state index in [4.69, 9.17) is 0 Å². The Bertz CT molecular complexity index is 924. The largest absolute Gasteiger partial charge is 0.236 e. The highest BCUT2D eigenvalue weighted by Crippen LogP contribution is 2.38. The van der Waals surface area contributed by atoms with Gasteiger partial charge in [0.15, 0.2) is 5.82 Å². The number of halogens is 1. The molecule has 0 bridgehead atoms. The van der Waals surface area contributed by atoms with Crippen molar-refractivity contribution in [2.75, 3.05) is 0 Å². The predicted octanol–water partition coefficient (Wildman–Crippen LogP) is 8.19. The Hall–Kier alpha value is -2.55. The van der Waals surface area contributed by atoms with Crippen molar-refractivity contribution in [2.45, 2.75) is 70.6 Å². The highest BCUT2D eigenvalue weighted by Gasteiger charge is 2.22. The van der Waals surface area contributed by atoms with Crippen LogP contribution in [0.15, 0.2) is 60.9 Å². The van der Waals surface area contributed by atoms with Crippen LogP contribution in [0.3, 0.4) is 0 Å². The summed E-state index contributed by atoms with van der Waals surface area (Å²) in [6.45, 7) is 2.28. The second-order valence-electron chi connectivity index (χ2n) is 8.99. The molecule has 162 valence electrons. The molecule has 0 aliphatic heterocycles. The van der Waals surface area contributed by atoms with E-state index < -0.39 is 0 Å². The zero-order valence-electron chi connectivity index (χ0n) is 18.6. The van der Waals surface area contributed by atoms with Gasteiger partial charge in [0, 0.05) is 23.5 Å². The topological polar surface area (TPSA) is 25.8 Å². The van der Waals surface area contributed by atoms with E-state index in [1.165, 1.54) is 75.5 Å². The normalized spacial score (nSPS) is 18.8. The van der Waals surface area contributed by atoms with Gasteiger partial charge in [0.25, 0.3) is 0 Å². The predicted molar refractivity (Wildman–Crippen MR) is 126 cm³/mol. The summed E-state index contributed by atoms with van der Waals surface area (Å²) in [6, 6.07) is 15.3. The van der Waals surface area contributed by atoms with E-state index >= 15 is 0 Å². The van der Waals surface area contributed by atoms with Crippen LogP contribution >= 0.6 is 0 Å². The molecule has 2 aromatic carbocycles. The Balaban J connectivity index is 1.33. The fourth-order valence-corrected chi connectivity index (χ4v) is 4.82. The fourth-order valence-electron chi connectivity index (χ4n) is 4.82. The minimum absolute atomic E-state index is 0.249. The lowest BCUT2D eigenvalue weighted by Gasteiger charge is -2.29. The molecule has 3 heteroatoms. The standard InChI is InChI=1S/C28H33FN2/c1-2-3-4-5-6-21-7-9-22(10-8-21)23-11-13-24(14-12-23)26-19-30-28(31-20-26)25-15-17-27(29)18-16-25/h11-22H,2-10H2,1H3/t21-,22-. The number of rotatable bonds is 8. The van der Waals surface area contributed by atoms with Crippen molar-refractivity contribution in [1.29, 1.82) is 0 Å². The van der Waals surface area contributed by atoms with Crippen LogP contribution in [-0.4, -0.2) is 9.97 Å². The van der Waals surface area contributed by atoms with Crippen molar-refractivity contribution >= 4 is 0 Å². The van der Waals surface area contributed by atoms with Crippen LogP contribution < -0.4 is 0 Å². The van der Waals surface area contributed by atoms with Crippen molar-refractivity contribution in [3.05, 3.63) is 72.3 Å². The fraction of sp³-hybridized carbons (Fsp3) is 0.429. The molecule has 3 aromatic rings. The van der Waals surface area contributed by atoms with Crippen molar-refractivity contribution in [1.82, 2.24) is 9.97 Å². The molecule has 1 aromatic heterocycles. The van der Waals surface area contributed by atoms with Gasteiger partial charge >= 0.3 is 0 Å². The smallest absolute Gasteiger partial charge is 0.159 e. The van der Waals surface area contributed by atoms with E-state index in [-0.39, 0.29) is 5.82 Å². The summed E-state index contributed by atoms with van der Waals surface area (Å²) in [5, 5.41) is 0. The lowest BCUT2D eigenvalue weighted by molar-refractivity contribution is 0.302. The first kappa shape index (κ1) is 21.7. The second kappa shape index (κ2) is 10.7. The molecule has 0 N–H and O–H groups in total. The van der Waals surface area contributed by atoms with E-state index in [9.17, 15) is 4.39 Å². The molecule has 0 amide bonds. The molecule has 31 heavy (non-hydrogen) atoms. The Labute approximate surface area is 186 Å². The summed E-state index contributed by atoms with van der Waals surface area (Å²) in [7, 11) is 0. The highest BCUT2D eigenvalue weighted by molar-refractivity contribution is 5.64. The molecule has 1 heterocycles. The average Bonchev–Trinajstić information content (AvgIpc) is 2.83. The van der Waals surface area contributed by atoms with E-state index in [1.807, 2.05) is 12.4 Å². The van der Waals surface area contributed by atoms with Crippen molar-refractivity contribution in [3.63, 3.8) is 0 Å². The monoisotopic (exact) mass is 416 g/mol. The number of benzene rings is 2. The Morgan fingerprint density at radius 2 is 1.39 bits per heavy atom. The van der Waals surface area contributed by atoms with E-state index in [0.717, 1.165) is 22.6 Å². The van der Waals surface area contributed by atoms with E-state index in [0.29, 0.717) is 11.7 Å². The van der Waals surface area contributed by atoms with Crippen molar-refractivity contribution < 1.29 is 4.39 Å². The molecular formula is C28H33FN2. The zero-order chi connectivity index (χ0) is 21.5. The van der Waals surface area contributed by atoms with Gasteiger partial charge in [-0.15, -0.1) is 0 Å². The van der Waals surface area contributed by atoms with E-state index in [1.54, 1.807) is 12.1 Å². The number of aromatic nitrogens is 2. The Morgan fingerprint density at radius 3 is 2.03 bits per heavy atom. The van der Waals surface area contributed by atoms with Crippen LogP contribution in [0, 0.1) is 11.7 Å². The lowest BCUT2D eigenvalue weighted by atomic mass is 9.77. The van der Waals surface area contributed by atoms with Gasteiger partial charge < -0.3 is 0 Å². The maximum Gasteiger partial charge on any atom is 0.159 e. The first-order valence-electron chi connectivity index (χ1n) is 11.9. The molecule has 4 rings (SSSR count). The van der Waals surface area contributed by atoms with Gasteiger partial charge in [-0.2, -0.15) is 0 Å². The van der Waals surface area contributed by atoms with Gasteiger partial charge in [0.05, 0.1) is 0 Å². The summed E-state index contributed by atoms with van der Waals surface area (Å²) in [4.78, 5) is 8.96. The number of hydrogen-bond donors (Lipinski definition) is 0. The summed E-state index contributed by atoms with van der Waals surface area (Å²) < 4.78 is 13.1.